The van der Waals surface area contributed by atoms with Gasteiger partial charge in [0.05, 0.1) is 7.11 Å². The van der Waals surface area contributed by atoms with Crippen molar-refractivity contribution in [3.8, 4) is 0 Å². The predicted octanol–water partition coefficient (Wildman–Crippen LogP) is 2.19. The fraction of sp³-hybridized carbons (Fsp3) is 0.833. The Kier molecular flexibility index (Phi) is 6.92. The normalized spacial score (nSPS) is 20.8. The van der Waals surface area contributed by atoms with Gasteiger partial charge in [0, 0.05) is 24.0 Å². The van der Waals surface area contributed by atoms with E-state index < -0.39 is 0 Å². The molecule has 1 aliphatic heterocycles. The fourth-order valence-electron chi connectivity index (χ4n) is 2.00. The van der Waals surface area contributed by atoms with E-state index in [9.17, 15) is 9.59 Å². The third-order valence-corrected chi connectivity index (χ3v) is 5.60. The van der Waals surface area contributed by atoms with Crippen molar-refractivity contribution in [2.45, 2.75) is 32.7 Å². The van der Waals surface area contributed by atoms with E-state index in [0.29, 0.717) is 6.54 Å². The van der Waals surface area contributed by atoms with Crippen LogP contribution in [0.5, 0.6) is 0 Å². The lowest BCUT2D eigenvalue weighted by molar-refractivity contribution is -0.151. The number of methoxy groups -OCH3 is 1. The van der Waals surface area contributed by atoms with Gasteiger partial charge in [0.25, 0.3) is 0 Å². The van der Waals surface area contributed by atoms with Crippen LogP contribution in [-0.4, -0.2) is 48.0 Å². The molecule has 1 amide bonds. The number of amides is 1. The third-order valence-electron chi connectivity index (χ3n) is 2.95. The molecule has 1 fully saturated rings. The third kappa shape index (κ3) is 4.09. The van der Waals surface area contributed by atoms with Crippen LogP contribution in [0.2, 0.25) is 0 Å². The van der Waals surface area contributed by atoms with Crippen molar-refractivity contribution in [1.82, 2.24) is 4.90 Å². The van der Waals surface area contributed by atoms with Gasteiger partial charge in [0.1, 0.15) is 6.04 Å². The number of carbonyl (C=O) groups is 2. The highest BCUT2D eigenvalue weighted by molar-refractivity contribution is 8.76. The summed E-state index contributed by atoms with van der Waals surface area (Å²) in [6.45, 7) is 4.70. The lowest BCUT2D eigenvalue weighted by atomic mass is 10.1. The number of likely N-dealkylation sites (tertiary alicyclic amines) is 1. The van der Waals surface area contributed by atoms with Gasteiger partial charge < -0.3 is 9.64 Å². The van der Waals surface area contributed by atoms with E-state index in [-0.39, 0.29) is 23.8 Å². The Labute approximate surface area is 117 Å². The number of carbonyl (C=O) groups excluding carboxylic acids is 2. The highest BCUT2D eigenvalue weighted by Gasteiger charge is 2.36. The molecular formula is C12H21NO3S2. The van der Waals surface area contributed by atoms with E-state index in [4.69, 9.17) is 4.74 Å². The SMILES string of the molecule is CCSSCC(C)C(=O)N1CCC[C@H]1C(=O)OC. The van der Waals surface area contributed by atoms with Gasteiger partial charge in [-0.05, 0) is 12.8 Å². The Morgan fingerprint density at radius 2 is 2.17 bits per heavy atom. The van der Waals surface area contributed by atoms with Crippen LogP contribution in [0.15, 0.2) is 0 Å². The van der Waals surface area contributed by atoms with Gasteiger partial charge in [-0.3, -0.25) is 4.79 Å². The zero-order valence-corrected chi connectivity index (χ0v) is 12.8. The average molecular weight is 291 g/mol. The lowest BCUT2D eigenvalue weighted by Gasteiger charge is -2.25. The Hall–Kier alpha value is -0.360. The highest BCUT2D eigenvalue weighted by atomic mass is 33.1. The molecule has 0 aromatic heterocycles. The standard InChI is InChI=1S/C12H21NO3S2/c1-4-17-18-8-9(2)11(14)13-7-5-6-10(13)12(15)16-3/h9-10H,4-8H2,1-3H3/t9?,10-/m0/s1. The van der Waals surface area contributed by atoms with Crippen LogP contribution < -0.4 is 0 Å². The van der Waals surface area contributed by atoms with Gasteiger partial charge >= 0.3 is 5.97 Å². The zero-order chi connectivity index (χ0) is 13.5. The maximum atomic E-state index is 12.3. The first-order valence-corrected chi connectivity index (χ1v) is 8.73. The molecular weight excluding hydrogens is 270 g/mol. The molecule has 1 saturated heterocycles. The van der Waals surface area contributed by atoms with Crippen LogP contribution in [-0.2, 0) is 14.3 Å². The van der Waals surface area contributed by atoms with Gasteiger partial charge in [0.2, 0.25) is 5.91 Å². The van der Waals surface area contributed by atoms with Crippen LogP contribution in [0, 0.1) is 5.92 Å². The molecule has 1 heterocycles. The second-order valence-corrected chi connectivity index (χ2v) is 7.10. The summed E-state index contributed by atoms with van der Waals surface area (Å²) in [7, 11) is 4.85. The molecule has 104 valence electrons. The van der Waals surface area contributed by atoms with Gasteiger partial charge in [0.15, 0.2) is 0 Å². The van der Waals surface area contributed by atoms with Crippen LogP contribution in [0.4, 0.5) is 0 Å². The van der Waals surface area contributed by atoms with Crippen molar-refractivity contribution in [2.24, 2.45) is 5.92 Å². The minimum Gasteiger partial charge on any atom is -0.467 e. The Balaban J connectivity index is 2.51. The van der Waals surface area contributed by atoms with Crippen molar-refractivity contribution in [1.29, 1.82) is 0 Å². The van der Waals surface area contributed by atoms with Crippen molar-refractivity contribution in [3.63, 3.8) is 0 Å². The quantitative estimate of drug-likeness (QED) is 0.426. The number of esters is 1. The second-order valence-electron chi connectivity index (χ2n) is 4.30. The maximum Gasteiger partial charge on any atom is 0.328 e. The molecule has 0 saturated carbocycles. The molecule has 1 unspecified atom stereocenters. The largest absolute Gasteiger partial charge is 0.467 e. The summed E-state index contributed by atoms with van der Waals surface area (Å²) in [5, 5.41) is 0. The van der Waals surface area contributed by atoms with Crippen LogP contribution in [0.3, 0.4) is 0 Å². The molecule has 4 nitrogen and oxygen atoms in total. The Morgan fingerprint density at radius 3 is 2.78 bits per heavy atom. The first-order valence-electron chi connectivity index (χ1n) is 6.24. The van der Waals surface area contributed by atoms with Gasteiger partial charge in [-0.2, -0.15) is 0 Å². The van der Waals surface area contributed by atoms with Gasteiger partial charge in [-0.25, -0.2) is 4.79 Å². The zero-order valence-electron chi connectivity index (χ0n) is 11.2. The molecule has 0 aliphatic carbocycles. The van der Waals surface area contributed by atoms with Crippen LogP contribution in [0.25, 0.3) is 0 Å². The highest BCUT2D eigenvalue weighted by Crippen LogP contribution is 2.26. The van der Waals surface area contributed by atoms with Crippen molar-refractivity contribution in [3.05, 3.63) is 0 Å². The first-order chi connectivity index (χ1) is 8.61. The molecule has 0 aromatic rings. The number of nitrogens with zero attached hydrogens (tertiary/aromatic N) is 1. The average Bonchev–Trinajstić information content (AvgIpc) is 2.86. The van der Waals surface area contributed by atoms with Gasteiger partial charge in [-0.15, -0.1) is 0 Å². The number of hydrogen-bond donors (Lipinski definition) is 0. The molecule has 0 bridgehead atoms. The van der Waals surface area contributed by atoms with E-state index in [1.165, 1.54) is 7.11 Å². The second kappa shape index (κ2) is 7.94. The molecule has 1 rings (SSSR count). The van der Waals surface area contributed by atoms with E-state index in [1.807, 2.05) is 6.92 Å². The summed E-state index contributed by atoms with van der Waals surface area (Å²) in [5.74, 6) is 1.58. The van der Waals surface area contributed by atoms with Crippen LogP contribution in [0.1, 0.15) is 26.7 Å². The molecule has 6 heteroatoms. The van der Waals surface area contributed by atoms with E-state index in [1.54, 1.807) is 26.5 Å². The summed E-state index contributed by atoms with van der Waals surface area (Å²) in [6, 6.07) is -0.367. The summed E-state index contributed by atoms with van der Waals surface area (Å²) in [6.07, 6.45) is 1.61. The predicted molar refractivity (Wildman–Crippen MR) is 76.5 cm³/mol. The summed E-state index contributed by atoms with van der Waals surface area (Å²) >= 11 is 0. The van der Waals surface area contributed by atoms with Crippen molar-refractivity contribution >= 4 is 33.5 Å². The number of hydrogen-bond acceptors (Lipinski definition) is 5. The molecule has 0 aromatic carbocycles. The van der Waals surface area contributed by atoms with Crippen LogP contribution >= 0.6 is 21.6 Å². The Bertz CT molecular complexity index is 299. The van der Waals surface area contributed by atoms with E-state index in [2.05, 4.69) is 6.92 Å². The molecule has 0 radical (unpaired) electrons. The fourth-order valence-corrected chi connectivity index (χ4v) is 4.01. The topological polar surface area (TPSA) is 46.6 Å². The Morgan fingerprint density at radius 1 is 1.44 bits per heavy atom. The molecule has 2 atom stereocenters. The minimum absolute atomic E-state index is 0.0423. The molecule has 0 N–H and O–H groups in total. The first kappa shape index (κ1) is 15.7. The number of ether oxygens (including phenoxy) is 1. The van der Waals surface area contributed by atoms with E-state index >= 15 is 0 Å². The monoisotopic (exact) mass is 291 g/mol. The van der Waals surface area contributed by atoms with E-state index in [0.717, 1.165) is 24.3 Å². The van der Waals surface area contributed by atoms with Crippen molar-refractivity contribution in [2.75, 3.05) is 25.2 Å². The minimum atomic E-state index is -0.367. The molecule has 0 spiro atoms. The number of rotatable bonds is 6. The summed E-state index contributed by atoms with van der Waals surface area (Å²) < 4.78 is 4.75. The smallest absolute Gasteiger partial charge is 0.328 e. The maximum absolute atomic E-state index is 12.3. The summed E-state index contributed by atoms with van der Waals surface area (Å²) in [4.78, 5) is 25.5. The lowest BCUT2D eigenvalue weighted by Crippen LogP contribution is -2.43. The van der Waals surface area contributed by atoms with Crippen molar-refractivity contribution < 1.29 is 14.3 Å². The molecule has 1 aliphatic rings. The summed E-state index contributed by atoms with van der Waals surface area (Å²) in [5.41, 5.74) is 0. The molecule has 18 heavy (non-hydrogen) atoms. The van der Waals surface area contributed by atoms with Gasteiger partial charge in [-0.1, -0.05) is 35.4 Å².